The highest BCUT2D eigenvalue weighted by Gasteiger charge is 2.40. The zero-order valence-corrected chi connectivity index (χ0v) is 19.7. The molecule has 2 unspecified atom stereocenters. The molecule has 0 bridgehead atoms. The van der Waals surface area contributed by atoms with Crippen LogP contribution >= 0.6 is 0 Å². The van der Waals surface area contributed by atoms with E-state index in [9.17, 15) is 14.4 Å². The van der Waals surface area contributed by atoms with E-state index in [1.807, 2.05) is 24.3 Å². The summed E-state index contributed by atoms with van der Waals surface area (Å²) in [6, 6.07) is 15.9. The smallest absolute Gasteiger partial charge is 0.407 e. The van der Waals surface area contributed by atoms with Crippen LogP contribution in [0.3, 0.4) is 0 Å². The Balaban J connectivity index is 1.30. The summed E-state index contributed by atoms with van der Waals surface area (Å²) in [5.41, 5.74) is 4.37. The SMILES string of the molecule is CC(NC(=O)CC1(CNC(=O)OCC2c3ccccc3-c3ccccc32)CCC1)C(C)C(=O)O. The highest BCUT2D eigenvalue weighted by molar-refractivity contribution is 5.80. The molecule has 1 fully saturated rings. The van der Waals surface area contributed by atoms with Crippen molar-refractivity contribution in [2.45, 2.75) is 51.5 Å². The Morgan fingerprint density at radius 2 is 1.62 bits per heavy atom. The van der Waals surface area contributed by atoms with Crippen LogP contribution < -0.4 is 10.6 Å². The van der Waals surface area contributed by atoms with Crippen molar-refractivity contribution in [1.29, 1.82) is 0 Å². The molecule has 2 aliphatic rings. The number of fused-ring (bicyclic) bond motifs is 3. The number of aliphatic carboxylic acids is 1. The van der Waals surface area contributed by atoms with Crippen molar-refractivity contribution in [1.82, 2.24) is 10.6 Å². The Bertz CT molecular complexity index is 1030. The van der Waals surface area contributed by atoms with Gasteiger partial charge in [-0.15, -0.1) is 0 Å². The fourth-order valence-electron chi connectivity index (χ4n) is 4.99. The van der Waals surface area contributed by atoms with E-state index >= 15 is 0 Å². The lowest BCUT2D eigenvalue weighted by Crippen LogP contribution is -2.47. The molecule has 0 saturated heterocycles. The molecule has 1 saturated carbocycles. The number of carboxylic acids is 1. The number of nitrogens with one attached hydrogen (secondary N) is 2. The Kier molecular flexibility index (Phi) is 6.91. The summed E-state index contributed by atoms with van der Waals surface area (Å²) in [7, 11) is 0. The summed E-state index contributed by atoms with van der Waals surface area (Å²) in [6.45, 7) is 3.88. The molecule has 2 aromatic rings. The van der Waals surface area contributed by atoms with Gasteiger partial charge in [0, 0.05) is 24.9 Å². The van der Waals surface area contributed by atoms with Crippen molar-refractivity contribution in [2.75, 3.05) is 13.2 Å². The molecule has 2 atom stereocenters. The molecule has 180 valence electrons. The third kappa shape index (κ3) is 4.93. The molecule has 0 heterocycles. The second-order valence-corrected chi connectivity index (χ2v) is 9.69. The monoisotopic (exact) mass is 464 g/mol. The number of carboxylic acid groups (broad SMARTS) is 1. The number of rotatable bonds is 9. The van der Waals surface area contributed by atoms with Crippen LogP contribution in [-0.2, 0) is 14.3 Å². The standard InChI is InChI=1S/C27H32N2O5/c1-17(25(31)32)18(2)29-24(30)14-27(12-7-13-27)16-28-26(33)34-15-23-21-10-5-3-8-19(21)20-9-4-6-11-22(20)23/h3-6,8-11,17-18,23H,7,12-16H2,1-2H3,(H,28,33)(H,29,30)(H,31,32). The highest BCUT2D eigenvalue weighted by Crippen LogP contribution is 2.45. The number of hydrogen-bond acceptors (Lipinski definition) is 4. The van der Waals surface area contributed by atoms with E-state index in [4.69, 9.17) is 9.84 Å². The molecule has 2 amide bonds. The third-order valence-corrected chi connectivity index (χ3v) is 7.43. The lowest BCUT2D eigenvalue weighted by molar-refractivity contribution is -0.142. The van der Waals surface area contributed by atoms with Gasteiger partial charge in [0.1, 0.15) is 6.61 Å². The largest absolute Gasteiger partial charge is 0.481 e. The minimum atomic E-state index is -0.942. The van der Waals surface area contributed by atoms with Gasteiger partial charge in [-0.1, -0.05) is 55.0 Å². The number of carbonyl (C=O) groups excluding carboxylic acids is 2. The quantitative estimate of drug-likeness (QED) is 0.513. The van der Waals surface area contributed by atoms with Gasteiger partial charge in [0.05, 0.1) is 5.92 Å². The number of alkyl carbamates (subject to hydrolysis) is 1. The molecule has 0 aliphatic heterocycles. The normalized spacial score (nSPS) is 17.5. The number of benzene rings is 2. The van der Waals surface area contributed by atoms with Crippen LogP contribution in [0.25, 0.3) is 11.1 Å². The number of hydrogen-bond donors (Lipinski definition) is 3. The van der Waals surface area contributed by atoms with E-state index < -0.39 is 24.0 Å². The lowest BCUT2D eigenvalue weighted by atomic mass is 9.66. The maximum atomic E-state index is 12.5. The Labute approximate surface area is 199 Å². The summed E-state index contributed by atoms with van der Waals surface area (Å²) in [4.78, 5) is 36.2. The van der Waals surface area contributed by atoms with Crippen LogP contribution in [0, 0.1) is 11.3 Å². The first-order valence-corrected chi connectivity index (χ1v) is 11.9. The van der Waals surface area contributed by atoms with Crippen LogP contribution in [-0.4, -0.2) is 42.3 Å². The average molecular weight is 465 g/mol. The minimum Gasteiger partial charge on any atom is -0.481 e. The van der Waals surface area contributed by atoms with Gasteiger partial charge in [-0.2, -0.15) is 0 Å². The molecular weight excluding hydrogens is 432 g/mol. The van der Waals surface area contributed by atoms with E-state index in [0.717, 1.165) is 30.4 Å². The van der Waals surface area contributed by atoms with Crippen molar-refractivity contribution >= 4 is 18.0 Å². The van der Waals surface area contributed by atoms with Crippen molar-refractivity contribution in [2.24, 2.45) is 11.3 Å². The molecule has 7 nitrogen and oxygen atoms in total. The predicted octanol–water partition coefficient (Wildman–Crippen LogP) is 4.31. The molecule has 0 aromatic heterocycles. The summed E-state index contributed by atoms with van der Waals surface area (Å²) in [5, 5.41) is 14.8. The lowest BCUT2D eigenvalue weighted by Gasteiger charge is -2.41. The molecular formula is C27H32N2O5. The maximum Gasteiger partial charge on any atom is 0.407 e. The average Bonchev–Trinajstić information content (AvgIpc) is 3.12. The zero-order chi connectivity index (χ0) is 24.3. The molecule has 0 radical (unpaired) electrons. The van der Waals surface area contributed by atoms with E-state index in [1.54, 1.807) is 13.8 Å². The van der Waals surface area contributed by atoms with Gasteiger partial charge in [-0.05, 0) is 54.4 Å². The summed E-state index contributed by atoms with van der Waals surface area (Å²) < 4.78 is 5.62. The van der Waals surface area contributed by atoms with E-state index in [2.05, 4.69) is 34.9 Å². The summed E-state index contributed by atoms with van der Waals surface area (Å²) in [5.74, 6) is -1.79. The van der Waals surface area contributed by atoms with Crippen LogP contribution in [0.15, 0.2) is 48.5 Å². The molecule has 0 spiro atoms. The molecule has 7 heteroatoms. The minimum absolute atomic E-state index is 0.000645. The number of carbonyl (C=O) groups is 3. The first-order chi connectivity index (χ1) is 16.3. The second kappa shape index (κ2) is 9.87. The van der Waals surface area contributed by atoms with Crippen LogP contribution in [0.2, 0.25) is 0 Å². The number of amides is 2. The predicted molar refractivity (Wildman–Crippen MR) is 128 cm³/mol. The molecule has 2 aromatic carbocycles. The van der Waals surface area contributed by atoms with Gasteiger partial charge >= 0.3 is 12.1 Å². The van der Waals surface area contributed by atoms with Gasteiger partial charge < -0.3 is 20.5 Å². The summed E-state index contributed by atoms with van der Waals surface area (Å²) >= 11 is 0. The Morgan fingerprint density at radius 1 is 1.03 bits per heavy atom. The Hall–Kier alpha value is -3.35. The van der Waals surface area contributed by atoms with Crippen molar-refractivity contribution in [3.63, 3.8) is 0 Å². The van der Waals surface area contributed by atoms with Crippen LogP contribution in [0.4, 0.5) is 4.79 Å². The van der Waals surface area contributed by atoms with Crippen molar-refractivity contribution in [3.05, 3.63) is 59.7 Å². The first-order valence-electron chi connectivity index (χ1n) is 11.9. The van der Waals surface area contributed by atoms with Gasteiger partial charge in [-0.25, -0.2) is 4.79 Å². The van der Waals surface area contributed by atoms with Crippen molar-refractivity contribution < 1.29 is 24.2 Å². The van der Waals surface area contributed by atoms with Crippen LogP contribution in [0.5, 0.6) is 0 Å². The second-order valence-electron chi connectivity index (χ2n) is 9.69. The zero-order valence-electron chi connectivity index (χ0n) is 19.7. The van der Waals surface area contributed by atoms with E-state index in [0.29, 0.717) is 6.54 Å². The fourth-order valence-corrected chi connectivity index (χ4v) is 4.99. The number of ether oxygens (including phenoxy) is 1. The molecule has 3 N–H and O–H groups in total. The van der Waals surface area contributed by atoms with Gasteiger partial charge in [0.15, 0.2) is 0 Å². The Morgan fingerprint density at radius 3 is 2.15 bits per heavy atom. The summed E-state index contributed by atoms with van der Waals surface area (Å²) in [6.07, 6.45) is 2.45. The molecule has 34 heavy (non-hydrogen) atoms. The van der Waals surface area contributed by atoms with Gasteiger partial charge in [-0.3, -0.25) is 9.59 Å². The van der Waals surface area contributed by atoms with Gasteiger partial charge in [0.25, 0.3) is 0 Å². The van der Waals surface area contributed by atoms with E-state index in [1.165, 1.54) is 11.1 Å². The molecule has 2 aliphatic carbocycles. The third-order valence-electron chi connectivity index (χ3n) is 7.43. The van der Waals surface area contributed by atoms with Crippen LogP contribution in [0.1, 0.15) is 56.6 Å². The highest BCUT2D eigenvalue weighted by atomic mass is 16.5. The molecule has 4 rings (SSSR count). The first kappa shape index (κ1) is 23.8. The van der Waals surface area contributed by atoms with E-state index in [-0.39, 0.29) is 30.3 Å². The topological polar surface area (TPSA) is 105 Å². The van der Waals surface area contributed by atoms with Crippen molar-refractivity contribution in [3.8, 4) is 11.1 Å². The van der Waals surface area contributed by atoms with Gasteiger partial charge in [0.2, 0.25) is 5.91 Å². The fraction of sp³-hybridized carbons (Fsp3) is 0.444. The maximum absolute atomic E-state index is 12.5.